The van der Waals surface area contributed by atoms with Gasteiger partial charge in [0.05, 0.1) is 13.7 Å². The molecule has 2 heterocycles. The van der Waals surface area contributed by atoms with Crippen LogP contribution in [-0.2, 0) is 9.53 Å². The van der Waals surface area contributed by atoms with Gasteiger partial charge in [0.15, 0.2) is 5.58 Å². The number of methoxy groups -OCH3 is 1. The van der Waals surface area contributed by atoms with Crippen LogP contribution in [0.5, 0.6) is 0 Å². The molecule has 0 atom stereocenters. The van der Waals surface area contributed by atoms with Gasteiger partial charge in [-0.25, -0.2) is 0 Å². The van der Waals surface area contributed by atoms with E-state index in [0.29, 0.717) is 12.6 Å². The van der Waals surface area contributed by atoms with Gasteiger partial charge in [0.1, 0.15) is 5.52 Å². The highest BCUT2D eigenvalue weighted by molar-refractivity contribution is 5.74. The number of hydrogen-bond donors (Lipinski definition) is 0. The fraction of sp³-hybridized carbons (Fsp3) is 0.429. The van der Waals surface area contributed by atoms with Crippen molar-refractivity contribution < 1.29 is 13.9 Å². The van der Waals surface area contributed by atoms with Gasteiger partial charge in [0.25, 0.3) is 6.01 Å². The minimum atomic E-state index is -0.194. The lowest BCUT2D eigenvalue weighted by Gasteiger charge is -2.32. The number of oxazole rings is 1. The summed E-state index contributed by atoms with van der Waals surface area (Å²) in [5.41, 5.74) is 1.68. The van der Waals surface area contributed by atoms with Crippen LogP contribution in [0.25, 0.3) is 11.1 Å². The summed E-state index contributed by atoms with van der Waals surface area (Å²) in [6.07, 6.45) is 0. The number of nitrogens with zero attached hydrogens (tertiary/aromatic N) is 3. The molecule has 6 heteroatoms. The highest BCUT2D eigenvalue weighted by atomic mass is 16.5. The van der Waals surface area contributed by atoms with E-state index in [4.69, 9.17) is 4.42 Å². The van der Waals surface area contributed by atoms with Crippen LogP contribution in [0.4, 0.5) is 6.01 Å². The molecular weight excluding hydrogens is 258 g/mol. The van der Waals surface area contributed by atoms with Crippen molar-refractivity contribution in [3.05, 3.63) is 24.3 Å². The zero-order valence-electron chi connectivity index (χ0n) is 11.4. The van der Waals surface area contributed by atoms with Crippen molar-refractivity contribution in [1.29, 1.82) is 0 Å². The highest BCUT2D eigenvalue weighted by Gasteiger charge is 2.22. The second kappa shape index (κ2) is 5.50. The van der Waals surface area contributed by atoms with Gasteiger partial charge in [0, 0.05) is 26.2 Å². The summed E-state index contributed by atoms with van der Waals surface area (Å²) in [6.45, 7) is 3.53. The number of carbonyl (C=O) groups excluding carboxylic acids is 1. The predicted molar refractivity (Wildman–Crippen MR) is 74.7 cm³/mol. The Bertz CT molecular complexity index is 569. The monoisotopic (exact) mass is 275 g/mol. The average Bonchev–Trinajstić information content (AvgIpc) is 2.91. The van der Waals surface area contributed by atoms with Crippen molar-refractivity contribution in [2.24, 2.45) is 0 Å². The summed E-state index contributed by atoms with van der Waals surface area (Å²) in [4.78, 5) is 19.9. The first-order valence-corrected chi connectivity index (χ1v) is 6.66. The number of benzene rings is 1. The Labute approximate surface area is 116 Å². The number of rotatable bonds is 3. The van der Waals surface area contributed by atoms with Crippen LogP contribution in [0.1, 0.15) is 0 Å². The fourth-order valence-electron chi connectivity index (χ4n) is 2.34. The number of esters is 1. The molecule has 1 aromatic carbocycles. The van der Waals surface area contributed by atoms with Crippen LogP contribution in [0.15, 0.2) is 28.7 Å². The molecule has 6 nitrogen and oxygen atoms in total. The predicted octanol–water partition coefficient (Wildman–Crippen LogP) is 1.12. The topological polar surface area (TPSA) is 58.8 Å². The highest BCUT2D eigenvalue weighted by Crippen LogP contribution is 2.22. The lowest BCUT2D eigenvalue weighted by molar-refractivity contribution is -0.142. The number of anilines is 1. The molecule has 0 unspecified atom stereocenters. The number of ether oxygens (including phenoxy) is 1. The van der Waals surface area contributed by atoms with E-state index < -0.39 is 0 Å². The molecule has 20 heavy (non-hydrogen) atoms. The Morgan fingerprint density at radius 1 is 1.30 bits per heavy atom. The Kier molecular flexibility index (Phi) is 3.56. The molecule has 0 N–H and O–H groups in total. The van der Waals surface area contributed by atoms with Crippen molar-refractivity contribution in [3.63, 3.8) is 0 Å². The van der Waals surface area contributed by atoms with E-state index in [1.54, 1.807) is 0 Å². The van der Waals surface area contributed by atoms with E-state index in [9.17, 15) is 4.79 Å². The van der Waals surface area contributed by atoms with E-state index in [2.05, 4.69) is 19.5 Å². The van der Waals surface area contributed by atoms with E-state index in [1.807, 2.05) is 24.3 Å². The third-order valence-electron chi connectivity index (χ3n) is 3.51. The van der Waals surface area contributed by atoms with Crippen LogP contribution < -0.4 is 4.90 Å². The second-order valence-corrected chi connectivity index (χ2v) is 4.80. The molecule has 0 spiro atoms. The molecular formula is C14H17N3O3. The number of hydrogen-bond acceptors (Lipinski definition) is 6. The molecule has 1 aliphatic rings. The van der Waals surface area contributed by atoms with E-state index in [1.165, 1.54) is 7.11 Å². The Morgan fingerprint density at radius 2 is 2.05 bits per heavy atom. The molecule has 1 aromatic heterocycles. The molecule has 3 rings (SSSR count). The minimum Gasteiger partial charge on any atom is -0.468 e. The van der Waals surface area contributed by atoms with Crippen LogP contribution >= 0.6 is 0 Å². The Hall–Kier alpha value is -2.08. The van der Waals surface area contributed by atoms with Crippen LogP contribution in [0.2, 0.25) is 0 Å². The van der Waals surface area contributed by atoms with Gasteiger partial charge in [-0.05, 0) is 12.1 Å². The maximum Gasteiger partial charge on any atom is 0.319 e. The van der Waals surface area contributed by atoms with Crippen molar-refractivity contribution in [2.45, 2.75) is 0 Å². The van der Waals surface area contributed by atoms with Gasteiger partial charge in [-0.2, -0.15) is 4.98 Å². The molecule has 0 amide bonds. The molecule has 0 radical (unpaired) electrons. The van der Waals surface area contributed by atoms with E-state index >= 15 is 0 Å². The van der Waals surface area contributed by atoms with Crippen molar-refractivity contribution >= 4 is 23.1 Å². The summed E-state index contributed by atoms with van der Waals surface area (Å²) in [6, 6.07) is 8.40. The van der Waals surface area contributed by atoms with Crippen LogP contribution in [0, 0.1) is 0 Å². The largest absolute Gasteiger partial charge is 0.468 e. The first-order chi connectivity index (χ1) is 9.76. The third kappa shape index (κ3) is 2.60. The lowest BCUT2D eigenvalue weighted by atomic mass is 10.3. The van der Waals surface area contributed by atoms with Gasteiger partial charge in [-0.3, -0.25) is 9.69 Å². The first kappa shape index (κ1) is 12.9. The summed E-state index contributed by atoms with van der Waals surface area (Å²) < 4.78 is 10.4. The quantitative estimate of drug-likeness (QED) is 0.782. The number of fused-ring (bicyclic) bond motifs is 1. The first-order valence-electron chi connectivity index (χ1n) is 6.66. The number of carbonyl (C=O) groups is 1. The second-order valence-electron chi connectivity index (χ2n) is 4.80. The smallest absolute Gasteiger partial charge is 0.319 e. The van der Waals surface area contributed by atoms with Crippen molar-refractivity contribution in [3.8, 4) is 0 Å². The number of piperazine rings is 1. The maximum atomic E-state index is 11.2. The van der Waals surface area contributed by atoms with Crippen LogP contribution in [0.3, 0.4) is 0 Å². The van der Waals surface area contributed by atoms with Crippen molar-refractivity contribution in [1.82, 2.24) is 9.88 Å². The number of aromatic nitrogens is 1. The van der Waals surface area contributed by atoms with Gasteiger partial charge >= 0.3 is 5.97 Å². The Morgan fingerprint density at radius 3 is 2.75 bits per heavy atom. The molecule has 106 valence electrons. The zero-order valence-corrected chi connectivity index (χ0v) is 11.4. The molecule has 2 aromatic rings. The normalized spacial score (nSPS) is 16.6. The minimum absolute atomic E-state index is 0.194. The summed E-state index contributed by atoms with van der Waals surface area (Å²) in [7, 11) is 1.41. The summed E-state index contributed by atoms with van der Waals surface area (Å²) in [5.74, 6) is -0.194. The summed E-state index contributed by atoms with van der Waals surface area (Å²) >= 11 is 0. The van der Waals surface area contributed by atoms with Crippen LogP contribution in [-0.4, -0.2) is 55.7 Å². The van der Waals surface area contributed by atoms with E-state index in [-0.39, 0.29) is 5.97 Å². The van der Waals surface area contributed by atoms with Crippen molar-refractivity contribution in [2.75, 3.05) is 44.7 Å². The lowest BCUT2D eigenvalue weighted by Crippen LogP contribution is -2.48. The molecule has 0 bridgehead atoms. The Balaban J connectivity index is 1.64. The fourth-order valence-corrected chi connectivity index (χ4v) is 2.34. The standard InChI is InChI=1S/C14H17N3O3/c1-19-13(18)10-16-6-8-17(9-7-16)14-15-11-4-2-3-5-12(11)20-14/h2-5H,6-10H2,1H3. The van der Waals surface area contributed by atoms with E-state index in [0.717, 1.165) is 37.3 Å². The number of para-hydroxylation sites is 2. The molecule has 1 saturated heterocycles. The van der Waals surface area contributed by atoms with Gasteiger partial charge in [0.2, 0.25) is 0 Å². The molecule has 0 saturated carbocycles. The summed E-state index contributed by atoms with van der Waals surface area (Å²) in [5, 5.41) is 0. The zero-order chi connectivity index (χ0) is 13.9. The van der Waals surface area contributed by atoms with Gasteiger partial charge in [-0.15, -0.1) is 0 Å². The third-order valence-corrected chi connectivity index (χ3v) is 3.51. The maximum absolute atomic E-state index is 11.2. The molecule has 1 aliphatic heterocycles. The average molecular weight is 275 g/mol. The SMILES string of the molecule is COC(=O)CN1CCN(c2nc3ccccc3o2)CC1. The van der Waals surface area contributed by atoms with Gasteiger partial charge < -0.3 is 14.1 Å². The van der Waals surface area contributed by atoms with Gasteiger partial charge in [-0.1, -0.05) is 12.1 Å². The molecule has 0 aliphatic carbocycles. The molecule has 1 fully saturated rings.